The van der Waals surface area contributed by atoms with Crippen LogP contribution in [-0.2, 0) is 4.79 Å². The van der Waals surface area contributed by atoms with Gasteiger partial charge < -0.3 is 10.6 Å². The van der Waals surface area contributed by atoms with Crippen LogP contribution in [0.15, 0.2) is 0 Å². The van der Waals surface area contributed by atoms with E-state index in [0.29, 0.717) is 18.4 Å². The van der Waals surface area contributed by atoms with Crippen LogP contribution in [0.3, 0.4) is 0 Å². The minimum absolute atomic E-state index is 0.215. The van der Waals surface area contributed by atoms with Crippen molar-refractivity contribution in [2.45, 2.75) is 45.2 Å². The molecule has 88 valence electrons. The van der Waals surface area contributed by atoms with Gasteiger partial charge in [-0.15, -0.1) is 0 Å². The maximum atomic E-state index is 11.9. The van der Waals surface area contributed by atoms with E-state index in [-0.39, 0.29) is 6.04 Å². The van der Waals surface area contributed by atoms with Gasteiger partial charge in [0.15, 0.2) is 0 Å². The van der Waals surface area contributed by atoms with Crippen molar-refractivity contribution in [3.05, 3.63) is 0 Å². The second-order valence-electron chi connectivity index (χ2n) is 4.38. The highest BCUT2D eigenvalue weighted by Crippen LogP contribution is 2.17. The first-order chi connectivity index (χ1) is 7.11. The van der Waals surface area contributed by atoms with E-state index in [1.807, 2.05) is 23.6 Å². The molecule has 0 aliphatic carbocycles. The number of amides is 1. The van der Waals surface area contributed by atoms with Gasteiger partial charge in [0.25, 0.3) is 0 Å². The van der Waals surface area contributed by atoms with Gasteiger partial charge in [0.1, 0.15) is 0 Å². The van der Waals surface area contributed by atoms with Crippen LogP contribution in [0.5, 0.6) is 0 Å². The lowest BCUT2D eigenvalue weighted by atomic mass is 10.1. The molecule has 0 bridgehead atoms. The highest BCUT2D eigenvalue weighted by Gasteiger charge is 2.22. The largest absolute Gasteiger partial charge is 0.338 e. The fourth-order valence-electron chi connectivity index (χ4n) is 1.82. The number of carbonyl (C=O) groups excluding carboxylic acids is 1. The molecule has 2 atom stereocenters. The van der Waals surface area contributed by atoms with Crippen LogP contribution in [0.25, 0.3) is 0 Å². The summed E-state index contributed by atoms with van der Waals surface area (Å²) in [5, 5.41) is 0. The molecule has 0 saturated carbocycles. The van der Waals surface area contributed by atoms with Crippen molar-refractivity contribution in [3.63, 3.8) is 0 Å². The Morgan fingerprint density at radius 2 is 2.40 bits per heavy atom. The highest BCUT2D eigenvalue weighted by molar-refractivity contribution is 7.99. The van der Waals surface area contributed by atoms with E-state index in [4.69, 9.17) is 5.73 Å². The SMILES string of the molecule is CC(N)CCCC(=O)N1CCSCC1C. The van der Waals surface area contributed by atoms with Crippen molar-refractivity contribution in [3.8, 4) is 0 Å². The summed E-state index contributed by atoms with van der Waals surface area (Å²) in [6, 6.07) is 0.624. The zero-order valence-corrected chi connectivity index (χ0v) is 10.6. The van der Waals surface area contributed by atoms with Crippen LogP contribution in [0.1, 0.15) is 33.1 Å². The second-order valence-corrected chi connectivity index (χ2v) is 5.53. The molecule has 2 N–H and O–H groups in total. The van der Waals surface area contributed by atoms with Crippen LogP contribution in [0, 0.1) is 0 Å². The summed E-state index contributed by atoms with van der Waals surface area (Å²) in [4.78, 5) is 13.9. The number of hydrogen-bond donors (Lipinski definition) is 1. The zero-order valence-electron chi connectivity index (χ0n) is 9.74. The van der Waals surface area contributed by atoms with Gasteiger partial charge >= 0.3 is 0 Å². The number of rotatable bonds is 4. The Hall–Kier alpha value is -0.220. The summed E-state index contributed by atoms with van der Waals surface area (Å²) in [5.41, 5.74) is 5.66. The van der Waals surface area contributed by atoms with Crippen LogP contribution >= 0.6 is 11.8 Å². The minimum atomic E-state index is 0.215. The molecule has 1 rings (SSSR count). The average molecular weight is 230 g/mol. The van der Waals surface area contributed by atoms with E-state index in [1.54, 1.807) is 0 Å². The number of carbonyl (C=O) groups is 1. The normalized spacial score (nSPS) is 23.9. The quantitative estimate of drug-likeness (QED) is 0.795. The number of nitrogens with two attached hydrogens (primary N) is 1. The molecule has 1 aliphatic rings. The van der Waals surface area contributed by atoms with Crippen molar-refractivity contribution in [2.24, 2.45) is 5.73 Å². The Kier molecular flexibility index (Phi) is 5.47. The molecule has 1 heterocycles. The molecule has 0 aromatic carbocycles. The average Bonchev–Trinajstić information content (AvgIpc) is 2.17. The molecule has 1 fully saturated rings. The topological polar surface area (TPSA) is 46.3 Å². The Morgan fingerprint density at radius 1 is 1.67 bits per heavy atom. The molecular formula is C11H22N2OS. The van der Waals surface area contributed by atoms with E-state index >= 15 is 0 Å². The Morgan fingerprint density at radius 3 is 3.00 bits per heavy atom. The molecule has 1 aliphatic heterocycles. The smallest absolute Gasteiger partial charge is 0.222 e. The third-order valence-electron chi connectivity index (χ3n) is 2.74. The zero-order chi connectivity index (χ0) is 11.3. The second kappa shape index (κ2) is 6.38. The van der Waals surface area contributed by atoms with E-state index in [2.05, 4.69) is 6.92 Å². The van der Waals surface area contributed by atoms with Crippen molar-refractivity contribution < 1.29 is 4.79 Å². The molecule has 3 nitrogen and oxygen atoms in total. The molecule has 0 aromatic rings. The van der Waals surface area contributed by atoms with Crippen molar-refractivity contribution in [1.82, 2.24) is 4.90 Å². The van der Waals surface area contributed by atoms with Gasteiger partial charge in [-0.3, -0.25) is 4.79 Å². The predicted molar refractivity (Wildman–Crippen MR) is 66.0 cm³/mol. The van der Waals surface area contributed by atoms with E-state index in [1.165, 1.54) is 0 Å². The van der Waals surface area contributed by atoms with Gasteiger partial charge in [0.2, 0.25) is 5.91 Å². The van der Waals surface area contributed by atoms with Gasteiger partial charge in [-0.05, 0) is 26.7 Å². The van der Waals surface area contributed by atoms with Crippen molar-refractivity contribution in [1.29, 1.82) is 0 Å². The summed E-state index contributed by atoms with van der Waals surface area (Å²) < 4.78 is 0. The summed E-state index contributed by atoms with van der Waals surface area (Å²) in [6.07, 6.45) is 2.53. The fraction of sp³-hybridized carbons (Fsp3) is 0.909. The van der Waals surface area contributed by atoms with E-state index in [0.717, 1.165) is 30.9 Å². The fourth-order valence-corrected chi connectivity index (χ4v) is 2.83. The van der Waals surface area contributed by atoms with Gasteiger partial charge in [-0.2, -0.15) is 11.8 Å². The summed E-state index contributed by atoms with van der Waals surface area (Å²) >= 11 is 1.94. The first-order valence-electron chi connectivity index (χ1n) is 5.74. The third kappa shape index (κ3) is 4.43. The molecule has 2 unspecified atom stereocenters. The molecule has 0 aromatic heterocycles. The first-order valence-corrected chi connectivity index (χ1v) is 6.89. The van der Waals surface area contributed by atoms with Gasteiger partial charge in [-0.1, -0.05) is 0 Å². The molecule has 0 radical (unpaired) electrons. The van der Waals surface area contributed by atoms with Gasteiger partial charge in [-0.25, -0.2) is 0 Å². The number of nitrogens with zero attached hydrogens (tertiary/aromatic N) is 1. The Labute approximate surface area is 96.8 Å². The van der Waals surface area contributed by atoms with Gasteiger partial charge in [0, 0.05) is 36.6 Å². The van der Waals surface area contributed by atoms with Crippen LogP contribution in [-0.4, -0.2) is 40.9 Å². The van der Waals surface area contributed by atoms with Crippen LogP contribution in [0.2, 0.25) is 0 Å². The first kappa shape index (κ1) is 12.8. The molecular weight excluding hydrogens is 208 g/mol. The Bertz CT molecular complexity index is 209. The lowest BCUT2D eigenvalue weighted by molar-refractivity contribution is -0.132. The predicted octanol–water partition coefficient (Wildman–Crippen LogP) is 1.47. The summed E-state index contributed by atoms with van der Waals surface area (Å²) in [7, 11) is 0. The maximum Gasteiger partial charge on any atom is 0.222 e. The van der Waals surface area contributed by atoms with Crippen molar-refractivity contribution >= 4 is 17.7 Å². The van der Waals surface area contributed by atoms with E-state index in [9.17, 15) is 4.79 Å². The number of thioether (sulfide) groups is 1. The summed E-state index contributed by atoms with van der Waals surface area (Å²) in [5.74, 6) is 2.48. The minimum Gasteiger partial charge on any atom is -0.338 e. The van der Waals surface area contributed by atoms with Crippen molar-refractivity contribution in [2.75, 3.05) is 18.1 Å². The monoisotopic (exact) mass is 230 g/mol. The highest BCUT2D eigenvalue weighted by atomic mass is 32.2. The molecule has 1 saturated heterocycles. The van der Waals surface area contributed by atoms with E-state index < -0.39 is 0 Å². The maximum absolute atomic E-state index is 11.9. The molecule has 15 heavy (non-hydrogen) atoms. The lowest BCUT2D eigenvalue weighted by Crippen LogP contribution is -2.44. The van der Waals surface area contributed by atoms with Crippen LogP contribution in [0.4, 0.5) is 0 Å². The molecule has 1 amide bonds. The number of hydrogen-bond acceptors (Lipinski definition) is 3. The third-order valence-corrected chi connectivity index (χ3v) is 3.93. The molecule has 4 heteroatoms. The van der Waals surface area contributed by atoms with Crippen LogP contribution < -0.4 is 5.73 Å². The summed E-state index contributed by atoms with van der Waals surface area (Å²) in [6.45, 7) is 5.04. The molecule has 0 spiro atoms. The standard InChI is InChI=1S/C11H22N2OS/c1-9(12)4-3-5-11(14)13-6-7-15-8-10(13)2/h9-10H,3-8,12H2,1-2H3. The Balaban J connectivity index is 2.26. The van der Waals surface area contributed by atoms with Gasteiger partial charge in [0.05, 0.1) is 0 Å². The lowest BCUT2D eigenvalue weighted by Gasteiger charge is -2.33.